The van der Waals surface area contributed by atoms with Crippen molar-refractivity contribution in [1.29, 1.82) is 0 Å². The first kappa shape index (κ1) is 29.8. The predicted octanol–water partition coefficient (Wildman–Crippen LogP) is 4.69. The molecule has 0 bridgehead atoms. The van der Waals surface area contributed by atoms with Crippen LogP contribution in [0.4, 0.5) is 0 Å². The first-order valence-electron chi connectivity index (χ1n) is 11.4. The zero-order valence-electron chi connectivity index (χ0n) is 22.4. The van der Waals surface area contributed by atoms with Crippen molar-refractivity contribution in [3.63, 3.8) is 0 Å². The summed E-state index contributed by atoms with van der Waals surface area (Å²) in [5.74, 6) is 9.96. The molecule has 0 aromatic carbocycles. The predicted molar refractivity (Wildman–Crippen MR) is 136 cm³/mol. The summed E-state index contributed by atoms with van der Waals surface area (Å²) in [6, 6.07) is 0. The van der Waals surface area contributed by atoms with Crippen molar-refractivity contribution in [3.8, 4) is 23.7 Å². The molecule has 0 amide bonds. The maximum Gasteiger partial charge on any atom is 0.193 e. The third-order valence-electron chi connectivity index (χ3n) is 6.78. The molecular weight excluding hydrogens is 452 g/mol. The Morgan fingerprint density at radius 2 is 1.06 bits per heavy atom. The lowest BCUT2D eigenvalue weighted by atomic mass is 10.0. The Morgan fingerprint density at radius 1 is 0.758 bits per heavy atom. The van der Waals surface area contributed by atoms with Crippen molar-refractivity contribution < 1.29 is 27.9 Å². The molecule has 1 saturated heterocycles. The van der Waals surface area contributed by atoms with E-state index in [9.17, 15) is 9.59 Å². The summed E-state index contributed by atoms with van der Waals surface area (Å²) in [4.78, 5) is 22.2. The van der Waals surface area contributed by atoms with E-state index in [-0.39, 0.29) is 10.1 Å². The molecule has 0 aromatic heterocycles. The van der Waals surface area contributed by atoms with Gasteiger partial charge in [0, 0.05) is 0 Å². The minimum absolute atomic E-state index is 0.0764. The Hall–Kier alpha value is -1.27. The maximum atomic E-state index is 11.1. The second-order valence-electron chi connectivity index (χ2n) is 12.0. The van der Waals surface area contributed by atoms with Gasteiger partial charge in [0.25, 0.3) is 0 Å². The highest BCUT2D eigenvalue weighted by Crippen LogP contribution is 2.42. The number of hydrogen-bond donors (Lipinski definition) is 0. The van der Waals surface area contributed by atoms with Crippen LogP contribution in [-0.2, 0) is 27.9 Å². The van der Waals surface area contributed by atoms with Crippen LogP contribution in [0.1, 0.15) is 55.4 Å². The van der Waals surface area contributed by atoms with Crippen LogP contribution in [0, 0.1) is 23.7 Å². The van der Waals surface area contributed by atoms with Gasteiger partial charge in [0.2, 0.25) is 0 Å². The summed E-state index contributed by atoms with van der Waals surface area (Å²) in [6.07, 6.45) is -1.64. The zero-order valence-corrected chi connectivity index (χ0v) is 24.4. The lowest BCUT2D eigenvalue weighted by Crippen LogP contribution is -2.53. The minimum Gasteiger partial charge on any atom is -0.401 e. The van der Waals surface area contributed by atoms with Gasteiger partial charge in [0.15, 0.2) is 35.0 Å². The number of carbonyl (C=O) groups excluding carboxylic acids is 2. The molecule has 0 saturated carbocycles. The van der Waals surface area contributed by atoms with Crippen LogP contribution in [0.3, 0.4) is 0 Å². The average molecular weight is 495 g/mol. The summed E-state index contributed by atoms with van der Waals surface area (Å²) < 4.78 is 25.8. The third-order valence-corrected chi connectivity index (χ3v) is 15.7. The molecule has 186 valence electrons. The number of aldehydes is 2. The highest BCUT2D eigenvalue weighted by Gasteiger charge is 2.53. The van der Waals surface area contributed by atoms with E-state index in [1.807, 2.05) is 13.8 Å². The molecule has 1 aliphatic rings. The molecule has 0 aliphatic carbocycles. The van der Waals surface area contributed by atoms with Crippen LogP contribution in [0.5, 0.6) is 0 Å². The van der Waals surface area contributed by atoms with Crippen molar-refractivity contribution in [1.82, 2.24) is 0 Å². The molecule has 1 aliphatic heterocycles. The molecule has 0 N–H and O–H groups in total. The summed E-state index contributed by atoms with van der Waals surface area (Å²) in [5.41, 5.74) is 0. The second kappa shape index (κ2) is 10.6. The van der Waals surface area contributed by atoms with Crippen LogP contribution in [0.25, 0.3) is 0 Å². The average Bonchev–Trinajstić information content (AvgIpc) is 2.95. The number of carbonyl (C=O) groups is 2. The summed E-state index contributed by atoms with van der Waals surface area (Å²) in [6.45, 7) is 24.9. The van der Waals surface area contributed by atoms with E-state index < -0.39 is 46.8 Å². The van der Waals surface area contributed by atoms with E-state index in [1.54, 1.807) is 0 Å². The fraction of sp³-hybridized carbons (Fsp3) is 0.760. The Bertz CT molecular complexity index is 759. The van der Waals surface area contributed by atoms with Gasteiger partial charge in [-0.3, -0.25) is 9.59 Å². The van der Waals surface area contributed by atoms with E-state index >= 15 is 0 Å². The molecule has 0 aromatic rings. The van der Waals surface area contributed by atoms with Gasteiger partial charge in [-0.1, -0.05) is 53.4 Å². The molecule has 1 fully saturated rings. The van der Waals surface area contributed by atoms with Crippen LogP contribution in [-0.4, -0.2) is 59.4 Å². The Labute approximate surface area is 202 Å². The molecular formula is C25H42O6Si2. The number of rotatable bonds is 6. The smallest absolute Gasteiger partial charge is 0.193 e. The number of ether oxygens (including phenoxy) is 2. The van der Waals surface area contributed by atoms with Gasteiger partial charge in [-0.25, -0.2) is 0 Å². The summed E-state index contributed by atoms with van der Waals surface area (Å²) in [5, 5.41) is -0.153. The normalized spacial score (nSPS) is 22.9. The zero-order chi connectivity index (χ0) is 25.9. The Morgan fingerprint density at radius 3 is 1.30 bits per heavy atom. The molecule has 0 radical (unpaired) electrons. The molecule has 33 heavy (non-hydrogen) atoms. The van der Waals surface area contributed by atoms with Gasteiger partial charge >= 0.3 is 0 Å². The Balaban J connectivity index is 3.52. The van der Waals surface area contributed by atoms with Gasteiger partial charge in [0.1, 0.15) is 24.4 Å². The third kappa shape index (κ3) is 7.88. The SMILES string of the molecule is CC1(C)O[C@@H]([C@H](C#CC=O)O[Si](C)(C)C(C)(C)C)[C@H]([C@@H](C#CC=O)O[Si](C)(C)C(C)(C)C)O1. The van der Waals surface area contributed by atoms with E-state index in [1.165, 1.54) is 0 Å². The molecule has 6 nitrogen and oxygen atoms in total. The summed E-state index contributed by atoms with van der Waals surface area (Å²) >= 11 is 0. The highest BCUT2D eigenvalue weighted by molar-refractivity contribution is 6.74. The van der Waals surface area contributed by atoms with Crippen molar-refractivity contribution in [2.45, 2.75) is 122 Å². The second-order valence-corrected chi connectivity index (χ2v) is 21.5. The van der Waals surface area contributed by atoms with Crippen LogP contribution in [0.2, 0.25) is 36.3 Å². The van der Waals surface area contributed by atoms with Crippen LogP contribution >= 0.6 is 0 Å². The van der Waals surface area contributed by atoms with Gasteiger partial charge < -0.3 is 18.3 Å². The molecule has 1 heterocycles. The van der Waals surface area contributed by atoms with E-state index in [4.69, 9.17) is 18.3 Å². The molecule has 4 atom stereocenters. The standard InChI is InChI=1S/C25H42O6Si2/c1-23(2,3)32(9,10)30-19(15-13-17-26)21-22(29-25(7,8)28-21)20(16-14-18-27)31-33(11,12)24(4,5)6/h17-22H,1-12H3/t19-,20+,21-,22-/m0/s1. The van der Waals surface area contributed by atoms with Crippen molar-refractivity contribution in [3.05, 3.63) is 0 Å². The van der Waals surface area contributed by atoms with Crippen LogP contribution < -0.4 is 0 Å². The van der Waals surface area contributed by atoms with Crippen molar-refractivity contribution >= 4 is 29.2 Å². The van der Waals surface area contributed by atoms with Gasteiger partial charge in [-0.2, -0.15) is 0 Å². The largest absolute Gasteiger partial charge is 0.401 e. The highest BCUT2D eigenvalue weighted by atomic mass is 28.4. The fourth-order valence-corrected chi connectivity index (χ4v) is 5.23. The van der Waals surface area contributed by atoms with Crippen LogP contribution in [0.15, 0.2) is 0 Å². The minimum atomic E-state index is -2.28. The monoisotopic (exact) mass is 494 g/mol. The van der Waals surface area contributed by atoms with Gasteiger partial charge in [0.05, 0.1) is 0 Å². The van der Waals surface area contributed by atoms with Crippen molar-refractivity contribution in [2.75, 3.05) is 0 Å². The van der Waals surface area contributed by atoms with E-state index in [0.717, 1.165) is 0 Å². The molecule has 0 unspecified atom stereocenters. The summed E-state index contributed by atoms with van der Waals surface area (Å²) in [7, 11) is -4.55. The van der Waals surface area contributed by atoms with Crippen molar-refractivity contribution in [2.24, 2.45) is 0 Å². The molecule has 0 spiro atoms. The molecule has 1 rings (SSSR count). The maximum absolute atomic E-state index is 11.1. The lowest BCUT2D eigenvalue weighted by molar-refractivity contribution is -0.155. The quantitative estimate of drug-likeness (QED) is 0.303. The fourth-order valence-electron chi connectivity index (χ4n) is 2.86. The van der Waals surface area contributed by atoms with Gasteiger partial charge in [-0.05, 0) is 62.0 Å². The van der Waals surface area contributed by atoms with E-state index in [0.29, 0.717) is 12.6 Å². The van der Waals surface area contributed by atoms with Gasteiger partial charge in [-0.15, -0.1) is 0 Å². The lowest BCUT2D eigenvalue weighted by Gasteiger charge is -2.41. The molecule has 8 heteroatoms. The number of hydrogen-bond acceptors (Lipinski definition) is 6. The first-order chi connectivity index (χ1) is 14.8. The Kier molecular flexibility index (Phi) is 9.52. The topological polar surface area (TPSA) is 71.1 Å². The van der Waals surface area contributed by atoms with E-state index in [2.05, 4.69) is 91.4 Å². The first-order valence-corrected chi connectivity index (χ1v) is 17.2.